The molecular formula is C18H28N2O2. The van der Waals surface area contributed by atoms with E-state index in [4.69, 9.17) is 4.74 Å². The van der Waals surface area contributed by atoms with Gasteiger partial charge in [-0.15, -0.1) is 0 Å². The topological polar surface area (TPSA) is 35.9 Å². The van der Waals surface area contributed by atoms with Gasteiger partial charge in [0.15, 0.2) is 0 Å². The summed E-state index contributed by atoms with van der Waals surface area (Å²) in [7, 11) is 0. The summed E-state index contributed by atoms with van der Waals surface area (Å²) in [4.78, 5) is 4.68. The number of benzene rings is 1. The number of ether oxygens (including phenoxy) is 1. The molecule has 2 heterocycles. The molecule has 4 nitrogen and oxygen atoms in total. The fourth-order valence-corrected chi connectivity index (χ4v) is 3.97. The molecule has 0 radical (unpaired) electrons. The van der Waals surface area contributed by atoms with Crippen LogP contribution in [0.2, 0.25) is 0 Å². The third-order valence-corrected chi connectivity index (χ3v) is 4.68. The molecule has 0 spiro atoms. The third kappa shape index (κ3) is 3.45. The van der Waals surface area contributed by atoms with Gasteiger partial charge in [0.2, 0.25) is 0 Å². The van der Waals surface area contributed by atoms with E-state index in [1.54, 1.807) is 0 Å². The van der Waals surface area contributed by atoms with Gasteiger partial charge in [-0.1, -0.05) is 18.2 Å². The minimum atomic E-state index is -0.317. The fourth-order valence-electron chi connectivity index (χ4n) is 3.97. The van der Waals surface area contributed by atoms with Crippen LogP contribution in [0.4, 0.5) is 5.69 Å². The molecule has 0 amide bonds. The van der Waals surface area contributed by atoms with E-state index in [1.807, 2.05) is 0 Å². The van der Waals surface area contributed by atoms with Crippen LogP contribution < -0.4 is 4.90 Å². The Hall–Kier alpha value is -1.10. The summed E-state index contributed by atoms with van der Waals surface area (Å²) in [6.45, 7) is 10.7. The maximum Gasteiger partial charge on any atom is 0.0841 e. The van der Waals surface area contributed by atoms with Crippen molar-refractivity contribution >= 4 is 5.69 Å². The van der Waals surface area contributed by atoms with Crippen molar-refractivity contribution in [3.8, 4) is 0 Å². The molecule has 3 unspecified atom stereocenters. The number of para-hydroxylation sites is 1. The number of anilines is 1. The number of aliphatic hydroxyl groups excluding tert-OH is 1. The van der Waals surface area contributed by atoms with E-state index in [9.17, 15) is 5.11 Å². The van der Waals surface area contributed by atoms with E-state index in [2.05, 4.69) is 48.8 Å². The molecule has 1 aromatic carbocycles. The molecule has 1 aromatic rings. The second-order valence-electron chi connectivity index (χ2n) is 6.91. The summed E-state index contributed by atoms with van der Waals surface area (Å²) in [6, 6.07) is 6.50. The molecule has 22 heavy (non-hydrogen) atoms. The normalized spacial score (nSPS) is 27.0. The number of aryl methyl sites for hydroxylation is 1. The number of hydrogen-bond acceptors (Lipinski definition) is 4. The quantitative estimate of drug-likeness (QED) is 0.920. The summed E-state index contributed by atoms with van der Waals surface area (Å²) in [5.41, 5.74) is 4.07. The average Bonchev–Trinajstić information content (AvgIpc) is 2.82. The standard InChI is InChI=1S/C18H28N2O2/c1-13-5-4-6-16-7-8-20(18(13)16)12-17(21)11-19-9-14(2)22-15(3)10-19/h4-6,14-15,17,21H,7-12H2,1-3H3. The Morgan fingerprint density at radius 3 is 2.68 bits per heavy atom. The lowest BCUT2D eigenvalue weighted by Crippen LogP contribution is -2.49. The Morgan fingerprint density at radius 1 is 1.23 bits per heavy atom. The van der Waals surface area contributed by atoms with E-state index in [0.717, 1.165) is 39.1 Å². The zero-order valence-electron chi connectivity index (χ0n) is 14.0. The Kier molecular flexibility index (Phi) is 4.71. The summed E-state index contributed by atoms with van der Waals surface area (Å²) >= 11 is 0. The maximum atomic E-state index is 10.5. The Bertz CT molecular complexity index is 510. The van der Waals surface area contributed by atoms with Gasteiger partial charge in [-0.05, 0) is 38.3 Å². The van der Waals surface area contributed by atoms with Crippen molar-refractivity contribution < 1.29 is 9.84 Å². The second kappa shape index (κ2) is 6.57. The van der Waals surface area contributed by atoms with Crippen LogP contribution in [0.5, 0.6) is 0 Å². The number of morpholine rings is 1. The number of hydrogen-bond donors (Lipinski definition) is 1. The number of β-amino-alcohol motifs (C(OH)–C–C–N with tert-alkyl or cyclic N) is 1. The Balaban J connectivity index is 1.58. The van der Waals surface area contributed by atoms with Crippen LogP contribution in [0.25, 0.3) is 0 Å². The highest BCUT2D eigenvalue weighted by Crippen LogP contribution is 2.31. The molecule has 0 aromatic heterocycles. The highest BCUT2D eigenvalue weighted by Gasteiger charge is 2.26. The van der Waals surface area contributed by atoms with Crippen LogP contribution in [-0.2, 0) is 11.2 Å². The van der Waals surface area contributed by atoms with Gasteiger partial charge < -0.3 is 14.7 Å². The monoisotopic (exact) mass is 304 g/mol. The fraction of sp³-hybridized carbons (Fsp3) is 0.667. The van der Waals surface area contributed by atoms with Crippen LogP contribution in [0.3, 0.4) is 0 Å². The molecule has 4 heteroatoms. The first-order valence-corrected chi connectivity index (χ1v) is 8.42. The molecule has 1 N–H and O–H groups in total. The lowest BCUT2D eigenvalue weighted by atomic mass is 10.1. The molecule has 0 aliphatic carbocycles. The van der Waals surface area contributed by atoms with Crippen molar-refractivity contribution in [2.24, 2.45) is 0 Å². The maximum absolute atomic E-state index is 10.5. The van der Waals surface area contributed by atoms with Crippen molar-refractivity contribution in [3.63, 3.8) is 0 Å². The summed E-state index contributed by atoms with van der Waals surface area (Å²) in [6.07, 6.45) is 1.29. The van der Waals surface area contributed by atoms with E-state index in [0.29, 0.717) is 0 Å². The third-order valence-electron chi connectivity index (χ3n) is 4.68. The summed E-state index contributed by atoms with van der Waals surface area (Å²) in [5, 5.41) is 10.5. The molecular weight excluding hydrogens is 276 g/mol. The molecule has 1 fully saturated rings. The lowest BCUT2D eigenvalue weighted by molar-refractivity contribution is -0.0758. The summed E-state index contributed by atoms with van der Waals surface area (Å²) < 4.78 is 5.76. The molecule has 122 valence electrons. The van der Waals surface area contributed by atoms with E-state index < -0.39 is 0 Å². The molecule has 0 saturated carbocycles. The first kappa shape index (κ1) is 15.8. The smallest absolute Gasteiger partial charge is 0.0841 e. The molecule has 2 aliphatic rings. The molecule has 0 bridgehead atoms. The van der Waals surface area contributed by atoms with Gasteiger partial charge in [-0.2, -0.15) is 0 Å². The largest absolute Gasteiger partial charge is 0.390 e. The zero-order valence-corrected chi connectivity index (χ0v) is 14.0. The lowest BCUT2D eigenvalue weighted by Gasteiger charge is -2.37. The molecule has 1 saturated heterocycles. The zero-order chi connectivity index (χ0) is 15.7. The highest BCUT2D eigenvalue weighted by molar-refractivity contribution is 5.63. The average molecular weight is 304 g/mol. The number of aliphatic hydroxyl groups is 1. The Morgan fingerprint density at radius 2 is 1.95 bits per heavy atom. The first-order valence-electron chi connectivity index (χ1n) is 8.42. The van der Waals surface area contributed by atoms with Gasteiger partial charge >= 0.3 is 0 Å². The summed E-state index contributed by atoms with van der Waals surface area (Å²) in [5.74, 6) is 0. The van der Waals surface area contributed by atoms with Crippen molar-refractivity contribution in [2.45, 2.75) is 45.5 Å². The van der Waals surface area contributed by atoms with Crippen LogP contribution in [0.15, 0.2) is 18.2 Å². The minimum absolute atomic E-state index is 0.255. The SMILES string of the molecule is Cc1cccc2c1N(CC(O)CN1CC(C)OC(C)C1)CC2. The van der Waals surface area contributed by atoms with Crippen LogP contribution in [0, 0.1) is 6.92 Å². The van der Waals surface area contributed by atoms with Gasteiger partial charge in [-0.3, -0.25) is 4.90 Å². The second-order valence-corrected chi connectivity index (χ2v) is 6.91. The Labute approximate surface area is 133 Å². The number of rotatable bonds is 4. The van der Waals surface area contributed by atoms with Crippen molar-refractivity contribution in [1.29, 1.82) is 0 Å². The van der Waals surface area contributed by atoms with Crippen molar-refractivity contribution in [3.05, 3.63) is 29.3 Å². The van der Waals surface area contributed by atoms with Crippen molar-refractivity contribution in [1.82, 2.24) is 4.90 Å². The van der Waals surface area contributed by atoms with E-state index >= 15 is 0 Å². The van der Waals surface area contributed by atoms with Gasteiger partial charge in [0.1, 0.15) is 0 Å². The van der Waals surface area contributed by atoms with Gasteiger partial charge in [0.05, 0.1) is 18.3 Å². The van der Waals surface area contributed by atoms with Gasteiger partial charge in [0.25, 0.3) is 0 Å². The first-order chi connectivity index (χ1) is 10.5. The van der Waals surface area contributed by atoms with Crippen LogP contribution >= 0.6 is 0 Å². The highest BCUT2D eigenvalue weighted by atomic mass is 16.5. The minimum Gasteiger partial charge on any atom is -0.390 e. The van der Waals surface area contributed by atoms with Gasteiger partial charge in [-0.25, -0.2) is 0 Å². The van der Waals surface area contributed by atoms with Crippen LogP contribution in [-0.4, -0.2) is 61.0 Å². The number of nitrogens with zero attached hydrogens (tertiary/aromatic N) is 2. The number of fused-ring (bicyclic) bond motifs is 1. The predicted molar refractivity (Wildman–Crippen MR) is 89.6 cm³/mol. The van der Waals surface area contributed by atoms with E-state index in [-0.39, 0.29) is 18.3 Å². The molecule has 2 aliphatic heterocycles. The van der Waals surface area contributed by atoms with E-state index in [1.165, 1.54) is 16.8 Å². The molecule has 3 rings (SSSR count). The van der Waals surface area contributed by atoms with Gasteiger partial charge in [0, 0.05) is 38.4 Å². The van der Waals surface area contributed by atoms with Crippen molar-refractivity contribution in [2.75, 3.05) is 37.6 Å². The predicted octanol–water partition coefficient (Wildman–Crippen LogP) is 1.83. The van der Waals surface area contributed by atoms with Crippen LogP contribution in [0.1, 0.15) is 25.0 Å². The molecule has 3 atom stereocenters.